The summed E-state index contributed by atoms with van der Waals surface area (Å²) in [5.74, 6) is -1.45. The molecule has 40 heavy (non-hydrogen) atoms. The SMILES string of the molecule is CC(=O)NCCN(CCCCc1ccc2c(n1)CCCC2)CC[C@H](Cc1cncc(-c2ccccc2)n1)C(=O)O. The van der Waals surface area contributed by atoms with E-state index >= 15 is 0 Å². The van der Waals surface area contributed by atoms with Crippen LogP contribution < -0.4 is 5.32 Å². The summed E-state index contributed by atoms with van der Waals surface area (Å²) < 4.78 is 0. The molecule has 2 heterocycles. The van der Waals surface area contributed by atoms with Crippen LogP contribution in [0.2, 0.25) is 0 Å². The van der Waals surface area contributed by atoms with Gasteiger partial charge in [0.25, 0.3) is 0 Å². The number of aryl methyl sites for hydroxylation is 3. The molecule has 1 amide bonds. The first-order valence-corrected chi connectivity index (χ1v) is 14.5. The minimum absolute atomic E-state index is 0.0567. The van der Waals surface area contributed by atoms with E-state index in [4.69, 9.17) is 4.98 Å². The molecule has 1 aromatic carbocycles. The number of carbonyl (C=O) groups is 2. The number of fused-ring (bicyclic) bond motifs is 1. The standard InChI is InChI=1S/C32H41N5O3/c1-24(38)34-17-20-37(18-8-7-12-28-15-14-26-11-5-6-13-30(26)35-28)19-16-27(32(39)40)21-29-22-33-23-31(36-29)25-9-3-2-4-10-25/h2-4,9-10,14-15,22-23,27H,5-8,11-13,16-21H2,1H3,(H,34,38)(H,39,40)/t27-/m1/s1. The second-order valence-corrected chi connectivity index (χ2v) is 10.7. The van der Waals surface area contributed by atoms with Gasteiger partial charge in [-0.25, -0.2) is 4.98 Å². The van der Waals surface area contributed by atoms with Crippen LogP contribution in [0.5, 0.6) is 0 Å². The number of carboxylic acids is 1. The van der Waals surface area contributed by atoms with Gasteiger partial charge in [-0.3, -0.25) is 19.6 Å². The Morgan fingerprint density at radius 1 is 0.950 bits per heavy atom. The lowest BCUT2D eigenvalue weighted by Gasteiger charge is -2.24. The summed E-state index contributed by atoms with van der Waals surface area (Å²) in [7, 11) is 0. The van der Waals surface area contributed by atoms with Crippen LogP contribution in [0.15, 0.2) is 54.9 Å². The lowest BCUT2D eigenvalue weighted by atomic mass is 9.95. The highest BCUT2D eigenvalue weighted by Crippen LogP contribution is 2.21. The van der Waals surface area contributed by atoms with E-state index in [0.29, 0.717) is 38.2 Å². The molecule has 0 spiro atoms. The van der Waals surface area contributed by atoms with E-state index in [1.165, 1.54) is 31.0 Å². The van der Waals surface area contributed by atoms with Crippen molar-refractivity contribution in [2.45, 2.75) is 64.7 Å². The number of benzene rings is 1. The fraction of sp³-hybridized carbons (Fsp3) is 0.469. The van der Waals surface area contributed by atoms with Gasteiger partial charge >= 0.3 is 5.97 Å². The highest BCUT2D eigenvalue weighted by molar-refractivity contribution is 5.72. The Kier molecular flexibility index (Phi) is 11.2. The van der Waals surface area contributed by atoms with Gasteiger partial charge < -0.3 is 15.3 Å². The average molecular weight is 544 g/mol. The van der Waals surface area contributed by atoms with E-state index in [0.717, 1.165) is 55.6 Å². The van der Waals surface area contributed by atoms with Crippen molar-refractivity contribution in [2.24, 2.45) is 5.92 Å². The lowest BCUT2D eigenvalue weighted by molar-refractivity contribution is -0.142. The lowest BCUT2D eigenvalue weighted by Crippen LogP contribution is -2.36. The van der Waals surface area contributed by atoms with Gasteiger partial charge in [0.1, 0.15) is 0 Å². The number of unbranched alkanes of at least 4 members (excludes halogenated alkanes) is 1. The molecule has 212 valence electrons. The third-order valence-electron chi connectivity index (χ3n) is 7.55. The van der Waals surface area contributed by atoms with E-state index in [9.17, 15) is 14.7 Å². The van der Waals surface area contributed by atoms with Gasteiger partial charge in [0.05, 0.1) is 23.5 Å². The zero-order valence-corrected chi connectivity index (χ0v) is 23.5. The van der Waals surface area contributed by atoms with Gasteiger partial charge in [-0.1, -0.05) is 36.4 Å². The minimum Gasteiger partial charge on any atom is -0.481 e. The van der Waals surface area contributed by atoms with Crippen LogP contribution in [0.4, 0.5) is 0 Å². The number of aromatic nitrogens is 3. The third kappa shape index (κ3) is 9.23. The maximum Gasteiger partial charge on any atom is 0.306 e. The van der Waals surface area contributed by atoms with Crippen molar-refractivity contribution in [2.75, 3.05) is 26.2 Å². The minimum atomic E-state index is -0.827. The van der Waals surface area contributed by atoms with Crippen LogP contribution in [-0.2, 0) is 35.3 Å². The number of carboxylic acid groups (broad SMARTS) is 1. The van der Waals surface area contributed by atoms with Crippen LogP contribution in [0.1, 0.15) is 61.7 Å². The summed E-state index contributed by atoms with van der Waals surface area (Å²) in [6, 6.07) is 14.2. The molecule has 1 atom stereocenters. The third-order valence-corrected chi connectivity index (χ3v) is 7.55. The highest BCUT2D eigenvalue weighted by atomic mass is 16.4. The maximum absolute atomic E-state index is 12.2. The van der Waals surface area contributed by atoms with Crippen LogP contribution in [0.25, 0.3) is 11.3 Å². The van der Waals surface area contributed by atoms with E-state index < -0.39 is 11.9 Å². The number of aliphatic carboxylic acids is 1. The molecule has 0 saturated carbocycles. The Morgan fingerprint density at radius 3 is 2.58 bits per heavy atom. The summed E-state index contributed by atoms with van der Waals surface area (Å²) in [6.45, 7) is 4.23. The van der Waals surface area contributed by atoms with Crippen LogP contribution >= 0.6 is 0 Å². The fourth-order valence-corrected chi connectivity index (χ4v) is 5.29. The molecule has 2 aromatic heterocycles. The first kappa shape index (κ1) is 29.3. The van der Waals surface area contributed by atoms with Gasteiger partial charge in [-0.05, 0) is 76.1 Å². The molecule has 0 aliphatic heterocycles. The topological polar surface area (TPSA) is 108 Å². The van der Waals surface area contributed by atoms with Gasteiger partial charge in [-0.2, -0.15) is 0 Å². The second kappa shape index (κ2) is 15.2. The second-order valence-electron chi connectivity index (χ2n) is 10.7. The zero-order valence-electron chi connectivity index (χ0n) is 23.5. The van der Waals surface area contributed by atoms with Crippen molar-refractivity contribution in [3.63, 3.8) is 0 Å². The fourth-order valence-electron chi connectivity index (χ4n) is 5.29. The number of carbonyl (C=O) groups excluding carboxylic acids is 1. The van der Waals surface area contributed by atoms with Crippen molar-refractivity contribution in [3.8, 4) is 11.3 Å². The van der Waals surface area contributed by atoms with E-state index in [1.807, 2.05) is 30.3 Å². The molecule has 0 radical (unpaired) electrons. The van der Waals surface area contributed by atoms with Crippen LogP contribution in [-0.4, -0.2) is 63.0 Å². The van der Waals surface area contributed by atoms with Crippen molar-refractivity contribution < 1.29 is 14.7 Å². The van der Waals surface area contributed by atoms with Crippen molar-refractivity contribution in [1.82, 2.24) is 25.2 Å². The van der Waals surface area contributed by atoms with Crippen LogP contribution in [0, 0.1) is 5.92 Å². The van der Waals surface area contributed by atoms with Crippen LogP contribution in [0.3, 0.4) is 0 Å². The monoisotopic (exact) mass is 543 g/mol. The Bertz CT molecular complexity index is 1250. The number of hydrogen-bond acceptors (Lipinski definition) is 6. The summed E-state index contributed by atoms with van der Waals surface area (Å²) in [5, 5.41) is 12.8. The molecule has 0 fully saturated rings. The number of hydrogen-bond donors (Lipinski definition) is 2. The quantitative estimate of drug-likeness (QED) is 0.272. The molecular weight excluding hydrogens is 502 g/mol. The largest absolute Gasteiger partial charge is 0.481 e. The van der Waals surface area contributed by atoms with Gasteiger partial charge in [0, 0.05) is 49.6 Å². The van der Waals surface area contributed by atoms with Gasteiger partial charge in [0.15, 0.2) is 0 Å². The number of pyridine rings is 1. The number of nitrogens with one attached hydrogen (secondary N) is 1. The summed E-state index contributed by atoms with van der Waals surface area (Å²) >= 11 is 0. The Labute approximate surface area is 237 Å². The maximum atomic E-state index is 12.2. The van der Waals surface area contributed by atoms with Crippen molar-refractivity contribution in [1.29, 1.82) is 0 Å². The summed E-state index contributed by atoms with van der Waals surface area (Å²) in [5.41, 5.74) is 6.22. The Morgan fingerprint density at radius 2 is 1.77 bits per heavy atom. The molecule has 1 aliphatic carbocycles. The Balaban J connectivity index is 1.30. The first-order valence-electron chi connectivity index (χ1n) is 14.5. The number of rotatable bonds is 15. The number of nitrogens with zero attached hydrogens (tertiary/aromatic N) is 4. The Hall–Kier alpha value is -3.65. The molecule has 8 nitrogen and oxygen atoms in total. The van der Waals surface area contributed by atoms with Gasteiger partial charge in [-0.15, -0.1) is 0 Å². The molecule has 1 aliphatic rings. The molecule has 8 heteroatoms. The smallest absolute Gasteiger partial charge is 0.306 e. The summed E-state index contributed by atoms with van der Waals surface area (Å²) in [6.07, 6.45) is 11.9. The molecule has 3 aromatic rings. The van der Waals surface area contributed by atoms with Gasteiger partial charge in [0.2, 0.25) is 5.91 Å². The predicted molar refractivity (Wildman–Crippen MR) is 156 cm³/mol. The number of amides is 1. The molecule has 2 N–H and O–H groups in total. The highest BCUT2D eigenvalue weighted by Gasteiger charge is 2.21. The molecule has 0 unspecified atom stereocenters. The molecule has 4 rings (SSSR count). The van der Waals surface area contributed by atoms with Crippen molar-refractivity contribution in [3.05, 3.63) is 77.5 Å². The van der Waals surface area contributed by atoms with E-state index in [-0.39, 0.29) is 5.91 Å². The van der Waals surface area contributed by atoms with E-state index in [1.54, 1.807) is 12.4 Å². The molecule has 0 bridgehead atoms. The van der Waals surface area contributed by atoms with Crippen molar-refractivity contribution >= 4 is 11.9 Å². The normalized spacial score (nSPS) is 13.6. The predicted octanol–water partition coefficient (Wildman–Crippen LogP) is 4.51. The molecule has 0 saturated heterocycles. The average Bonchev–Trinajstić information content (AvgIpc) is 2.97. The molecular formula is C32H41N5O3. The summed E-state index contributed by atoms with van der Waals surface area (Å²) in [4.78, 5) is 39.7. The zero-order chi connectivity index (χ0) is 28.2. The first-order chi connectivity index (χ1) is 19.5. The van der Waals surface area contributed by atoms with E-state index in [2.05, 4.69) is 32.3 Å².